The Hall–Kier alpha value is -2.41. The third kappa shape index (κ3) is 4.19. The normalized spacial score (nSPS) is 17.8. The van der Waals surface area contributed by atoms with E-state index in [1.165, 1.54) is 19.3 Å². The van der Waals surface area contributed by atoms with Crippen LogP contribution < -0.4 is 4.74 Å². The lowest BCUT2D eigenvalue weighted by Gasteiger charge is -2.34. The van der Waals surface area contributed by atoms with Crippen LogP contribution in [0.1, 0.15) is 36.5 Å². The summed E-state index contributed by atoms with van der Waals surface area (Å²) in [6.45, 7) is 5.13. The molecule has 7 nitrogen and oxygen atoms in total. The van der Waals surface area contributed by atoms with Crippen molar-refractivity contribution in [3.05, 3.63) is 41.5 Å². The fourth-order valence-electron chi connectivity index (χ4n) is 4.14. The fourth-order valence-corrected chi connectivity index (χ4v) is 4.14. The van der Waals surface area contributed by atoms with Crippen LogP contribution in [-0.4, -0.2) is 63.8 Å². The summed E-state index contributed by atoms with van der Waals surface area (Å²) >= 11 is 0. The number of ether oxygens (including phenoxy) is 1. The lowest BCUT2D eigenvalue weighted by Crippen LogP contribution is -2.49. The minimum Gasteiger partial charge on any atom is -0.496 e. The molecule has 2 aliphatic rings. The Kier molecular flexibility index (Phi) is 5.90. The van der Waals surface area contributed by atoms with E-state index in [9.17, 15) is 4.79 Å². The monoisotopic (exact) mass is 383 g/mol. The van der Waals surface area contributed by atoms with E-state index in [2.05, 4.69) is 19.7 Å². The number of carbonyl (C=O) groups excluding carboxylic acids is 1. The summed E-state index contributed by atoms with van der Waals surface area (Å²) < 4.78 is 7.68. The van der Waals surface area contributed by atoms with Crippen molar-refractivity contribution < 1.29 is 9.53 Å². The number of para-hydroxylation sites is 1. The van der Waals surface area contributed by atoms with Gasteiger partial charge in [-0.2, -0.15) is 0 Å². The molecule has 0 bridgehead atoms. The van der Waals surface area contributed by atoms with Crippen LogP contribution in [0.5, 0.6) is 5.75 Å². The Morgan fingerprint density at radius 2 is 1.86 bits per heavy atom. The van der Waals surface area contributed by atoms with Crippen LogP contribution in [0.4, 0.5) is 0 Å². The van der Waals surface area contributed by atoms with Gasteiger partial charge in [0, 0.05) is 44.7 Å². The molecule has 7 heteroatoms. The lowest BCUT2D eigenvalue weighted by molar-refractivity contribution is -0.132. The van der Waals surface area contributed by atoms with Gasteiger partial charge in [0.1, 0.15) is 17.4 Å². The summed E-state index contributed by atoms with van der Waals surface area (Å²) in [5, 5.41) is 8.84. The molecule has 1 aromatic heterocycles. The van der Waals surface area contributed by atoms with E-state index >= 15 is 0 Å². The average Bonchev–Trinajstić information content (AvgIpc) is 2.95. The number of methoxy groups -OCH3 is 1. The maximum atomic E-state index is 12.7. The minimum atomic E-state index is 0.167. The molecule has 4 rings (SSSR count). The number of piperazine rings is 1. The minimum absolute atomic E-state index is 0.167. The molecule has 1 aromatic carbocycles. The number of carbonyl (C=O) groups is 1. The van der Waals surface area contributed by atoms with Gasteiger partial charge in [0.25, 0.3) is 0 Å². The Morgan fingerprint density at radius 1 is 1.04 bits per heavy atom. The van der Waals surface area contributed by atoms with Crippen LogP contribution in [0, 0.1) is 0 Å². The highest BCUT2D eigenvalue weighted by molar-refractivity contribution is 5.79. The van der Waals surface area contributed by atoms with E-state index in [0.29, 0.717) is 6.42 Å². The van der Waals surface area contributed by atoms with Gasteiger partial charge in [-0.15, -0.1) is 10.2 Å². The summed E-state index contributed by atoms with van der Waals surface area (Å²) in [7, 11) is 1.65. The first-order valence-electron chi connectivity index (χ1n) is 10.3. The molecular formula is C21H29N5O2. The van der Waals surface area contributed by atoms with Crippen molar-refractivity contribution >= 4 is 5.91 Å². The largest absolute Gasteiger partial charge is 0.496 e. The maximum Gasteiger partial charge on any atom is 0.227 e. The second-order valence-electron chi connectivity index (χ2n) is 7.64. The Labute approximate surface area is 166 Å². The number of aryl methyl sites for hydroxylation is 1. The first-order valence-corrected chi connectivity index (χ1v) is 10.3. The van der Waals surface area contributed by atoms with Crippen LogP contribution >= 0.6 is 0 Å². The summed E-state index contributed by atoms with van der Waals surface area (Å²) in [6.07, 6.45) is 5.13. The van der Waals surface area contributed by atoms with Gasteiger partial charge in [0.2, 0.25) is 5.91 Å². The van der Waals surface area contributed by atoms with Crippen LogP contribution in [0.2, 0.25) is 0 Å². The molecule has 0 atom stereocenters. The molecule has 1 fully saturated rings. The molecule has 0 aliphatic carbocycles. The van der Waals surface area contributed by atoms with Gasteiger partial charge < -0.3 is 14.2 Å². The summed E-state index contributed by atoms with van der Waals surface area (Å²) in [4.78, 5) is 17.1. The van der Waals surface area contributed by atoms with Crippen molar-refractivity contribution in [2.45, 2.75) is 45.2 Å². The molecular weight excluding hydrogens is 354 g/mol. The van der Waals surface area contributed by atoms with Gasteiger partial charge in [-0.05, 0) is 18.9 Å². The zero-order valence-electron chi connectivity index (χ0n) is 16.6. The standard InChI is InChI=1S/C21H29N5O2/c1-28-18-8-5-4-7-17(18)15-21(27)25-13-11-24(12-14-25)16-20-23-22-19-9-3-2-6-10-26(19)20/h4-5,7-8H,2-3,6,9-16H2,1H3. The van der Waals surface area contributed by atoms with Crippen molar-refractivity contribution in [1.29, 1.82) is 0 Å². The van der Waals surface area contributed by atoms with E-state index in [0.717, 1.165) is 68.7 Å². The first-order chi connectivity index (χ1) is 13.7. The number of nitrogens with zero attached hydrogens (tertiary/aromatic N) is 5. The van der Waals surface area contributed by atoms with Crippen LogP contribution in [0.3, 0.4) is 0 Å². The zero-order chi connectivity index (χ0) is 19.3. The number of benzene rings is 1. The molecule has 0 unspecified atom stereocenters. The maximum absolute atomic E-state index is 12.7. The molecule has 150 valence electrons. The smallest absolute Gasteiger partial charge is 0.227 e. The molecule has 0 radical (unpaired) electrons. The predicted molar refractivity (Wildman–Crippen MR) is 106 cm³/mol. The number of hydrogen-bond donors (Lipinski definition) is 0. The van der Waals surface area contributed by atoms with Crippen LogP contribution in [0.15, 0.2) is 24.3 Å². The molecule has 0 saturated carbocycles. The van der Waals surface area contributed by atoms with Crippen molar-refractivity contribution in [1.82, 2.24) is 24.6 Å². The van der Waals surface area contributed by atoms with Gasteiger partial charge in [-0.3, -0.25) is 9.69 Å². The van der Waals surface area contributed by atoms with Gasteiger partial charge in [-0.1, -0.05) is 24.6 Å². The fraction of sp³-hybridized carbons (Fsp3) is 0.571. The van der Waals surface area contributed by atoms with Crippen LogP contribution in [-0.2, 0) is 30.7 Å². The van der Waals surface area contributed by atoms with Crippen molar-refractivity contribution in [3.8, 4) is 5.75 Å². The zero-order valence-corrected chi connectivity index (χ0v) is 16.6. The molecule has 2 aliphatic heterocycles. The SMILES string of the molecule is COc1ccccc1CC(=O)N1CCN(Cc2nnc3n2CCCCC3)CC1. The van der Waals surface area contributed by atoms with Gasteiger partial charge >= 0.3 is 0 Å². The molecule has 3 heterocycles. The van der Waals surface area contributed by atoms with Gasteiger partial charge in [0.05, 0.1) is 20.1 Å². The molecule has 0 N–H and O–H groups in total. The summed E-state index contributed by atoms with van der Waals surface area (Å²) in [6, 6.07) is 7.74. The van der Waals surface area contributed by atoms with E-state index in [1.54, 1.807) is 7.11 Å². The second kappa shape index (κ2) is 8.73. The van der Waals surface area contributed by atoms with Crippen molar-refractivity contribution in [2.24, 2.45) is 0 Å². The number of fused-ring (bicyclic) bond motifs is 1. The molecule has 1 saturated heterocycles. The van der Waals surface area contributed by atoms with Crippen LogP contribution in [0.25, 0.3) is 0 Å². The number of aromatic nitrogens is 3. The molecule has 0 spiro atoms. The van der Waals surface area contributed by atoms with E-state index in [-0.39, 0.29) is 5.91 Å². The van der Waals surface area contributed by atoms with Crippen molar-refractivity contribution in [2.75, 3.05) is 33.3 Å². The first kappa shape index (κ1) is 18.9. The average molecular weight is 383 g/mol. The Balaban J connectivity index is 1.31. The lowest BCUT2D eigenvalue weighted by atomic mass is 10.1. The third-order valence-corrected chi connectivity index (χ3v) is 5.81. The van der Waals surface area contributed by atoms with Gasteiger partial charge in [-0.25, -0.2) is 0 Å². The van der Waals surface area contributed by atoms with E-state index in [1.807, 2.05) is 29.2 Å². The second-order valence-corrected chi connectivity index (χ2v) is 7.64. The van der Waals surface area contributed by atoms with Gasteiger partial charge in [0.15, 0.2) is 0 Å². The summed E-state index contributed by atoms with van der Waals surface area (Å²) in [5.41, 5.74) is 0.948. The highest BCUT2D eigenvalue weighted by Gasteiger charge is 2.24. The topological polar surface area (TPSA) is 63.5 Å². The Bertz CT molecular complexity index is 811. The van der Waals surface area contributed by atoms with E-state index in [4.69, 9.17) is 4.74 Å². The predicted octanol–water partition coefficient (Wildman–Crippen LogP) is 1.90. The third-order valence-electron chi connectivity index (χ3n) is 5.81. The quantitative estimate of drug-likeness (QED) is 0.789. The molecule has 2 aromatic rings. The highest BCUT2D eigenvalue weighted by Crippen LogP contribution is 2.20. The molecule has 28 heavy (non-hydrogen) atoms. The highest BCUT2D eigenvalue weighted by atomic mass is 16.5. The Morgan fingerprint density at radius 3 is 2.68 bits per heavy atom. The van der Waals surface area contributed by atoms with Crippen molar-refractivity contribution in [3.63, 3.8) is 0 Å². The molecule has 1 amide bonds. The number of rotatable bonds is 5. The number of hydrogen-bond acceptors (Lipinski definition) is 5. The van der Waals surface area contributed by atoms with E-state index < -0.39 is 0 Å². The summed E-state index contributed by atoms with van der Waals surface area (Å²) in [5.74, 6) is 3.16. The number of amides is 1.